The van der Waals surface area contributed by atoms with Gasteiger partial charge in [0, 0.05) is 0 Å². The molecule has 3 rings (SSSR count). The number of hydrogen-bond donors (Lipinski definition) is 2. The Morgan fingerprint density at radius 1 is 1.12 bits per heavy atom. The van der Waals surface area contributed by atoms with E-state index in [9.17, 15) is 9.59 Å². The van der Waals surface area contributed by atoms with Crippen molar-refractivity contribution < 1.29 is 0 Å². The quantitative estimate of drug-likeness (QED) is 0.769. The maximum absolute atomic E-state index is 12.3. The molecule has 3 aromatic rings. The van der Waals surface area contributed by atoms with Gasteiger partial charge in [0.25, 0.3) is 5.56 Å². The highest BCUT2D eigenvalue weighted by atomic mass is 16.2. The van der Waals surface area contributed by atoms with E-state index in [1.165, 1.54) is 5.56 Å². The van der Waals surface area contributed by atoms with E-state index in [-0.39, 0.29) is 11.5 Å². The monoisotopic (exact) mass is 340 g/mol. The lowest BCUT2D eigenvalue weighted by molar-refractivity contribution is 0.269. The van der Waals surface area contributed by atoms with Crippen LogP contribution in [0.2, 0.25) is 0 Å². The van der Waals surface area contributed by atoms with Crippen molar-refractivity contribution in [3.63, 3.8) is 0 Å². The van der Waals surface area contributed by atoms with E-state index in [1.807, 2.05) is 13.8 Å². The van der Waals surface area contributed by atoms with Crippen molar-refractivity contribution in [1.29, 1.82) is 0 Å². The molecule has 1 unspecified atom stereocenters. The third kappa shape index (κ3) is 3.04. The van der Waals surface area contributed by atoms with Gasteiger partial charge in [0.1, 0.15) is 11.0 Å². The fourth-order valence-electron chi connectivity index (χ4n) is 3.34. The minimum absolute atomic E-state index is 0.117. The Bertz CT molecular complexity index is 1020. The Labute approximate surface area is 145 Å². The van der Waals surface area contributed by atoms with Gasteiger partial charge in [-0.15, -0.1) is 0 Å². The van der Waals surface area contributed by atoms with E-state index >= 15 is 0 Å². The second-order valence-electron chi connectivity index (χ2n) is 7.56. The van der Waals surface area contributed by atoms with Gasteiger partial charge in [-0.05, 0) is 24.3 Å². The lowest BCUT2D eigenvalue weighted by Gasteiger charge is -2.31. The van der Waals surface area contributed by atoms with Crippen molar-refractivity contribution in [2.45, 2.75) is 47.1 Å². The molecule has 2 N–H and O–H groups in total. The van der Waals surface area contributed by atoms with Crippen LogP contribution in [0.15, 0.2) is 33.9 Å². The largest absolute Gasteiger partial charge is 0.327 e. The maximum atomic E-state index is 12.3. The topological polar surface area (TPSA) is 83.5 Å². The molecule has 1 aromatic carbocycles. The van der Waals surface area contributed by atoms with Crippen LogP contribution in [-0.2, 0) is 6.42 Å². The van der Waals surface area contributed by atoms with Crippen LogP contribution < -0.4 is 11.2 Å². The molecule has 0 aliphatic carbocycles. The molecule has 0 radical (unpaired) electrons. The van der Waals surface area contributed by atoms with Gasteiger partial charge in [-0.1, -0.05) is 57.5 Å². The fraction of sp³-hybridized carbons (Fsp3) is 0.421. The number of aryl methyl sites for hydroxylation is 2. The maximum Gasteiger partial charge on any atom is 0.327 e. The Hall–Kier alpha value is -2.63. The molecule has 0 saturated carbocycles. The third-order valence-electron chi connectivity index (χ3n) is 4.46. The molecule has 2 heterocycles. The first-order chi connectivity index (χ1) is 11.7. The number of aromatic nitrogens is 4. The van der Waals surface area contributed by atoms with E-state index in [2.05, 4.69) is 55.0 Å². The predicted molar refractivity (Wildman–Crippen MR) is 99.1 cm³/mol. The number of hydrogen-bond acceptors (Lipinski definition) is 3. The van der Waals surface area contributed by atoms with Crippen molar-refractivity contribution in [3.8, 4) is 0 Å². The summed E-state index contributed by atoms with van der Waals surface area (Å²) in [5.74, 6) is 0. The normalized spacial score (nSPS) is 13.3. The van der Waals surface area contributed by atoms with Gasteiger partial charge < -0.3 is 0 Å². The number of benzene rings is 1. The van der Waals surface area contributed by atoms with E-state index in [1.54, 1.807) is 4.68 Å². The van der Waals surface area contributed by atoms with Gasteiger partial charge in [-0.25, -0.2) is 9.48 Å². The summed E-state index contributed by atoms with van der Waals surface area (Å²) in [4.78, 5) is 29.3. The van der Waals surface area contributed by atoms with Crippen LogP contribution in [0.4, 0.5) is 0 Å². The van der Waals surface area contributed by atoms with E-state index in [0.29, 0.717) is 23.1 Å². The van der Waals surface area contributed by atoms with E-state index in [4.69, 9.17) is 5.10 Å². The first kappa shape index (κ1) is 17.2. The highest BCUT2D eigenvalue weighted by molar-refractivity contribution is 5.77. The molecular weight excluding hydrogens is 316 g/mol. The van der Waals surface area contributed by atoms with Crippen LogP contribution >= 0.6 is 0 Å². The molecule has 6 nitrogen and oxygen atoms in total. The lowest BCUT2D eigenvalue weighted by Crippen LogP contribution is -2.28. The standard InChI is InChI=1S/C19H24N4O2/c1-6-13-14-16(20-18(25)21-17(14)24)23(22-13)15(19(3,4)5)12-9-7-11(2)8-10-12/h7-10,15H,6H2,1-5H3,(H2,20,21,24,25). The van der Waals surface area contributed by atoms with Gasteiger partial charge >= 0.3 is 5.69 Å². The summed E-state index contributed by atoms with van der Waals surface area (Å²) in [7, 11) is 0. The van der Waals surface area contributed by atoms with Gasteiger partial charge in [0.2, 0.25) is 0 Å². The zero-order valence-electron chi connectivity index (χ0n) is 15.3. The summed E-state index contributed by atoms with van der Waals surface area (Å²) in [5.41, 5.74) is 2.36. The van der Waals surface area contributed by atoms with Crippen LogP contribution in [-0.4, -0.2) is 19.7 Å². The molecule has 1 atom stereocenters. The highest BCUT2D eigenvalue weighted by Crippen LogP contribution is 2.37. The summed E-state index contributed by atoms with van der Waals surface area (Å²) < 4.78 is 1.80. The van der Waals surface area contributed by atoms with Crippen LogP contribution in [0.25, 0.3) is 11.0 Å². The zero-order valence-corrected chi connectivity index (χ0v) is 15.3. The molecule has 0 fully saturated rings. The molecule has 0 bridgehead atoms. The minimum atomic E-state index is -0.516. The average molecular weight is 340 g/mol. The highest BCUT2D eigenvalue weighted by Gasteiger charge is 2.31. The van der Waals surface area contributed by atoms with Crippen LogP contribution in [0.5, 0.6) is 0 Å². The molecule has 0 saturated heterocycles. The molecular formula is C19H24N4O2. The van der Waals surface area contributed by atoms with Crippen molar-refractivity contribution in [3.05, 3.63) is 61.9 Å². The number of fused-ring (bicyclic) bond motifs is 1. The SMILES string of the molecule is CCc1nn(C(c2ccc(C)cc2)C(C)(C)C)c2[nH]c(=O)[nH]c(=O)c12. The number of H-pyrrole nitrogens is 2. The molecule has 132 valence electrons. The van der Waals surface area contributed by atoms with Gasteiger partial charge in [-0.3, -0.25) is 14.8 Å². The Morgan fingerprint density at radius 3 is 2.32 bits per heavy atom. The second-order valence-corrected chi connectivity index (χ2v) is 7.56. The molecule has 6 heteroatoms. The number of nitrogens with zero attached hydrogens (tertiary/aromatic N) is 2. The lowest BCUT2D eigenvalue weighted by atomic mass is 9.82. The molecule has 25 heavy (non-hydrogen) atoms. The molecule has 0 spiro atoms. The minimum Gasteiger partial charge on any atom is -0.292 e. The van der Waals surface area contributed by atoms with E-state index < -0.39 is 11.2 Å². The first-order valence-electron chi connectivity index (χ1n) is 8.52. The Balaban J connectivity index is 2.36. The van der Waals surface area contributed by atoms with E-state index in [0.717, 1.165) is 5.56 Å². The van der Waals surface area contributed by atoms with Crippen LogP contribution in [0, 0.1) is 12.3 Å². The fourth-order valence-corrected chi connectivity index (χ4v) is 3.34. The average Bonchev–Trinajstić information content (AvgIpc) is 2.87. The summed E-state index contributed by atoms with van der Waals surface area (Å²) in [6.45, 7) is 10.4. The smallest absolute Gasteiger partial charge is 0.292 e. The second kappa shape index (κ2) is 6.02. The van der Waals surface area contributed by atoms with Crippen LogP contribution in [0.3, 0.4) is 0 Å². The third-order valence-corrected chi connectivity index (χ3v) is 4.46. The predicted octanol–water partition coefficient (Wildman–Crippen LogP) is 2.92. The zero-order chi connectivity index (χ0) is 18.4. The van der Waals surface area contributed by atoms with Crippen molar-refractivity contribution in [2.75, 3.05) is 0 Å². The molecule has 0 aliphatic heterocycles. The molecule has 2 aromatic heterocycles. The van der Waals surface area contributed by atoms with Crippen molar-refractivity contribution >= 4 is 11.0 Å². The number of aromatic amines is 2. The van der Waals surface area contributed by atoms with Gasteiger partial charge in [0.15, 0.2) is 0 Å². The molecule has 0 aliphatic rings. The number of nitrogens with one attached hydrogen (secondary N) is 2. The first-order valence-corrected chi connectivity index (χ1v) is 8.52. The van der Waals surface area contributed by atoms with Crippen molar-refractivity contribution in [1.82, 2.24) is 19.7 Å². The number of rotatable bonds is 3. The summed E-state index contributed by atoms with van der Waals surface area (Å²) in [5, 5.41) is 5.16. The Kier molecular flexibility index (Phi) is 4.14. The van der Waals surface area contributed by atoms with Crippen LogP contribution in [0.1, 0.15) is 50.6 Å². The summed E-state index contributed by atoms with van der Waals surface area (Å²) in [6, 6.07) is 8.17. The Morgan fingerprint density at radius 2 is 1.76 bits per heavy atom. The summed E-state index contributed by atoms with van der Waals surface area (Å²) >= 11 is 0. The summed E-state index contributed by atoms with van der Waals surface area (Å²) in [6.07, 6.45) is 0.614. The van der Waals surface area contributed by atoms with Crippen molar-refractivity contribution in [2.24, 2.45) is 5.41 Å². The van der Waals surface area contributed by atoms with Gasteiger partial charge in [-0.2, -0.15) is 5.10 Å². The van der Waals surface area contributed by atoms with Gasteiger partial charge in [0.05, 0.1) is 11.7 Å². The molecule has 0 amide bonds.